The van der Waals surface area contributed by atoms with Gasteiger partial charge in [-0.2, -0.15) is 0 Å². The number of carbonyl (C=O) groups excluding carboxylic acids is 1. The van der Waals surface area contributed by atoms with E-state index in [1.807, 2.05) is 60.7 Å². The quantitative estimate of drug-likeness (QED) is 0.205. The molecule has 0 atom stereocenters. The Morgan fingerprint density at radius 1 is 0.905 bits per heavy atom. The molecule has 8 nitrogen and oxygen atoms in total. The van der Waals surface area contributed by atoms with E-state index in [1.165, 1.54) is 6.07 Å². The minimum Gasteiger partial charge on any atom is -0.454 e. The van der Waals surface area contributed by atoms with Crippen LogP contribution in [0.25, 0.3) is 0 Å². The van der Waals surface area contributed by atoms with Crippen molar-refractivity contribution in [2.24, 2.45) is 0 Å². The zero-order chi connectivity index (χ0) is 28.9. The van der Waals surface area contributed by atoms with Crippen molar-refractivity contribution >= 4 is 29.2 Å². The van der Waals surface area contributed by atoms with Crippen molar-refractivity contribution in [2.75, 3.05) is 42.8 Å². The van der Waals surface area contributed by atoms with Crippen LogP contribution in [0, 0.1) is 5.82 Å². The van der Waals surface area contributed by atoms with Crippen molar-refractivity contribution in [3.63, 3.8) is 0 Å². The highest BCUT2D eigenvalue weighted by Gasteiger charge is 2.21. The minimum absolute atomic E-state index is 0.138. The predicted molar refractivity (Wildman–Crippen MR) is 162 cm³/mol. The van der Waals surface area contributed by atoms with Crippen LogP contribution in [0.1, 0.15) is 34.1 Å². The predicted octanol–water partition coefficient (Wildman–Crippen LogP) is 5.46. The highest BCUT2D eigenvalue weighted by Crippen LogP contribution is 2.32. The average molecular weight is 586 g/mol. The van der Waals surface area contributed by atoms with Gasteiger partial charge in [-0.25, -0.2) is 14.4 Å². The molecule has 6 rings (SSSR count). The largest absolute Gasteiger partial charge is 0.454 e. The van der Waals surface area contributed by atoms with Crippen molar-refractivity contribution in [1.82, 2.24) is 15.3 Å². The monoisotopic (exact) mass is 585 g/mol. The molecule has 42 heavy (non-hydrogen) atoms. The van der Waals surface area contributed by atoms with Gasteiger partial charge in [0.2, 0.25) is 6.79 Å². The summed E-state index contributed by atoms with van der Waals surface area (Å²) in [4.78, 5) is 26.8. The molecule has 1 aromatic heterocycles. The fourth-order valence-electron chi connectivity index (χ4n) is 5.04. The van der Waals surface area contributed by atoms with Crippen LogP contribution in [-0.4, -0.2) is 48.8 Å². The van der Waals surface area contributed by atoms with E-state index < -0.39 is 0 Å². The summed E-state index contributed by atoms with van der Waals surface area (Å²) in [6.07, 6.45) is 0.803. The molecule has 4 aromatic rings. The second-order valence-electron chi connectivity index (χ2n) is 10.1. The van der Waals surface area contributed by atoms with Gasteiger partial charge in [0, 0.05) is 55.8 Å². The van der Waals surface area contributed by atoms with Gasteiger partial charge < -0.3 is 24.6 Å². The maximum atomic E-state index is 14.3. The summed E-state index contributed by atoms with van der Waals surface area (Å²) in [5.41, 5.74) is 4.19. The molecule has 1 saturated heterocycles. The molecule has 3 heterocycles. The SMILES string of the molecule is CCc1cc(N2CCN(c3ccccc3F)CC2)nc(SCc2cccc(C(=O)NCc3ccc4c(c3)OCO4)c2)n1. The van der Waals surface area contributed by atoms with Crippen LogP contribution in [0.5, 0.6) is 11.5 Å². The normalized spacial score (nSPS) is 14.2. The number of anilines is 2. The van der Waals surface area contributed by atoms with Gasteiger partial charge in [-0.05, 0) is 53.9 Å². The second-order valence-corrected chi connectivity index (χ2v) is 11.1. The van der Waals surface area contributed by atoms with Crippen LogP contribution in [0.3, 0.4) is 0 Å². The van der Waals surface area contributed by atoms with E-state index in [9.17, 15) is 9.18 Å². The molecule has 1 N–H and O–H groups in total. The van der Waals surface area contributed by atoms with Gasteiger partial charge in [-0.15, -0.1) is 0 Å². The first-order valence-electron chi connectivity index (χ1n) is 14.1. The summed E-state index contributed by atoms with van der Waals surface area (Å²) in [6, 6.07) is 22.3. The van der Waals surface area contributed by atoms with E-state index in [2.05, 4.69) is 22.0 Å². The number of hydrogen-bond donors (Lipinski definition) is 1. The molecule has 3 aromatic carbocycles. The molecular weight excluding hydrogens is 553 g/mol. The van der Waals surface area contributed by atoms with Crippen molar-refractivity contribution in [3.8, 4) is 11.5 Å². The van der Waals surface area contributed by atoms with Crippen LogP contribution < -0.4 is 24.6 Å². The highest BCUT2D eigenvalue weighted by molar-refractivity contribution is 7.98. The first-order chi connectivity index (χ1) is 20.6. The topological polar surface area (TPSA) is 79.8 Å². The number of aromatic nitrogens is 2. The standard InChI is InChI=1S/C32H32FN5O3S/c1-2-25-18-30(38-14-12-37(13-15-38)27-9-4-3-8-26(27)33)36-32(35-25)42-20-23-6-5-7-24(16-23)31(39)34-19-22-10-11-28-29(17-22)41-21-40-28/h3-11,16-18H,2,12-15,19-21H2,1H3,(H,34,39). The third-order valence-electron chi connectivity index (χ3n) is 7.35. The number of ether oxygens (including phenoxy) is 2. The Labute approximate surface area is 248 Å². The molecule has 0 unspecified atom stereocenters. The van der Waals surface area contributed by atoms with Crippen molar-refractivity contribution in [2.45, 2.75) is 30.8 Å². The number of benzene rings is 3. The van der Waals surface area contributed by atoms with E-state index in [4.69, 9.17) is 19.4 Å². The summed E-state index contributed by atoms with van der Waals surface area (Å²) in [5.74, 6) is 2.62. The molecule has 0 bridgehead atoms. The van der Waals surface area contributed by atoms with E-state index in [-0.39, 0.29) is 18.5 Å². The van der Waals surface area contributed by atoms with Crippen LogP contribution in [0.2, 0.25) is 0 Å². The number of piperazine rings is 1. The zero-order valence-corrected chi connectivity index (χ0v) is 24.2. The number of nitrogens with one attached hydrogen (secondary N) is 1. The Bertz CT molecular complexity index is 1580. The smallest absolute Gasteiger partial charge is 0.251 e. The summed E-state index contributed by atoms with van der Waals surface area (Å²) in [7, 11) is 0. The molecule has 0 radical (unpaired) electrons. The Hall–Kier alpha value is -4.31. The Morgan fingerprint density at radius 3 is 2.55 bits per heavy atom. The van der Waals surface area contributed by atoms with E-state index in [1.54, 1.807) is 17.8 Å². The van der Waals surface area contributed by atoms with E-state index in [0.717, 1.165) is 61.0 Å². The Morgan fingerprint density at radius 2 is 1.71 bits per heavy atom. The summed E-state index contributed by atoms with van der Waals surface area (Å²) < 4.78 is 25.1. The fraction of sp³-hybridized carbons (Fsp3) is 0.281. The summed E-state index contributed by atoms with van der Waals surface area (Å²) >= 11 is 1.56. The molecule has 1 amide bonds. The zero-order valence-electron chi connectivity index (χ0n) is 23.4. The maximum absolute atomic E-state index is 14.3. The van der Waals surface area contributed by atoms with Gasteiger partial charge in [0.1, 0.15) is 11.6 Å². The number of para-hydroxylation sites is 1. The first kappa shape index (κ1) is 27.8. The second kappa shape index (κ2) is 12.7. The average Bonchev–Trinajstić information content (AvgIpc) is 3.51. The number of amides is 1. The van der Waals surface area contributed by atoms with Crippen LogP contribution >= 0.6 is 11.8 Å². The van der Waals surface area contributed by atoms with Gasteiger partial charge in [0.05, 0.1) is 5.69 Å². The van der Waals surface area contributed by atoms with Crippen LogP contribution in [0.4, 0.5) is 15.9 Å². The van der Waals surface area contributed by atoms with E-state index in [0.29, 0.717) is 34.5 Å². The number of fused-ring (bicyclic) bond motifs is 1. The Kier molecular flexibility index (Phi) is 8.41. The molecule has 0 aliphatic carbocycles. The maximum Gasteiger partial charge on any atom is 0.251 e. The molecular formula is C32H32FN5O3S. The summed E-state index contributed by atoms with van der Waals surface area (Å²) in [5, 5.41) is 3.69. The number of aryl methyl sites for hydroxylation is 1. The van der Waals surface area contributed by atoms with Crippen molar-refractivity contribution in [1.29, 1.82) is 0 Å². The lowest BCUT2D eigenvalue weighted by atomic mass is 10.1. The third kappa shape index (κ3) is 6.44. The molecule has 216 valence electrons. The molecule has 0 spiro atoms. The molecule has 1 fully saturated rings. The molecule has 2 aliphatic rings. The number of hydrogen-bond acceptors (Lipinski definition) is 8. The van der Waals surface area contributed by atoms with Crippen molar-refractivity contribution < 1.29 is 18.7 Å². The fourth-order valence-corrected chi connectivity index (χ4v) is 5.85. The molecule has 2 aliphatic heterocycles. The van der Waals surface area contributed by atoms with Gasteiger partial charge in [0.15, 0.2) is 16.7 Å². The van der Waals surface area contributed by atoms with Gasteiger partial charge in [-0.3, -0.25) is 4.79 Å². The van der Waals surface area contributed by atoms with Gasteiger partial charge >= 0.3 is 0 Å². The lowest BCUT2D eigenvalue weighted by molar-refractivity contribution is 0.0950. The van der Waals surface area contributed by atoms with E-state index >= 15 is 0 Å². The van der Waals surface area contributed by atoms with Gasteiger partial charge in [-0.1, -0.05) is 49.0 Å². The molecule has 0 saturated carbocycles. The lowest BCUT2D eigenvalue weighted by Gasteiger charge is -2.37. The minimum atomic E-state index is -0.189. The number of rotatable bonds is 9. The highest BCUT2D eigenvalue weighted by atomic mass is 32.2. The number of nitrogens with zero attached hydrogens (tertiary/aromatic N) is 4. The number of carbonyl (C=O) groups is 1. The Balaban J connectivity index is 1.07. The van der Waals surface area contributed by atoms with Crippen LogP contribution in [-0.2, 0) is 18.7 Å². The number of thioether (sulfide) groups is 1. The third-order valence-corrected chi connectivity index (χ3v) is 8.27. The first-order valence-corrected chi connectivity index (χ1v) is 15.0. The number of halogens is 1. The van der Waals surface area contributed by atoms with Crippen molar-refractivity contribution in [3.05, 3.63) is 101 Å². The van der Waals surface area contributed by atoms with Crippen LogP contribution in [0.15, 0.2) is 78.0 Å². The van der Waals surface area contributed by atoms with Gasteiger partial charge in [0.25, 0.3) is 5.91 Å². The molecule has 10 heteroatoms. The summed E-state index contributed by atoms with van der Waals surface area (Å²) in [6.45, 7) is 5.64. The lowest BCUT2D eigenvalue weighted by Crippen LogP contribution is -2.47.